The van der Waals surface area contributed by atoms with Gasteiger partial charge in [0.25, 0.3) is 5.56 Å². The number of aliphatic carboxylic acids is 1. The zero-order valence-corrected chi connectivity index (χ0v) is 9.84. The molecule has 2 rings (SSSR count). The van der Waals surface area contributed by atoms with E-state index in [1.54, 1.807) is 0 Å². The molecule has 0 saturated carbocycles. The number of aryl methyl sites for hydroxylation is 1. The molecule has 96 valence electrons. The van der Waals surface area contributed by atoms with Gasteiger partial charge in [0.15, 0.2) is 0 Å². The molecule has 1 aromatic heterocycles. The number of amides is 1. The van der Waals surface area contributed by atoms with E-state index in [4.69, 9.17) is 5.11 Å². The van der Waals surface area contributed by atoms with E-state index >= 15 is 0 Å². The minimum absolute atomic E-state index is 0.0459. The molecule has 1 amide bonds. The number of carboxylic acids is 1. The van der Waals surface area contributed by atoms with Crippen LogP contribution in [0.25, 0.3) is 0 Å². The Morgan fingerprint density at radius 3 is 2.89 bits per heavy atom. The van der Waals surface area contributed by atoms with Crippen molar-refractivity contribution in [2.24, 2.45) is 5.92 Å². The van der Waals surface area contributed by atoms with Crippen molar-refractivity contribution in [1.29, 1.82) is 0 Å². The van der Waals surface area contributed by atoms with Crippen molar-refractivity contribution in [1.82, 2.24) is 9.97 Å². The minimum atomic E-state index is -1.01. The molecule has 0 aliphatic carbocycles. The van der Waals surface area contributed by atoms with Crippen LogP contribution in [0.2, 0.25) is 0 Å². The predicted molar refractivity (Wildman–Crippen MR) is 62.3 cm³/mol. The summed E-state index contributed by atoms with van der Waals surface area (Å²) in [6.45, 7) is 1.89. The van der Waals surface area contributed by atoms with Crippen LogP contribution in [0, 0.1) is 5.92 Å². The maximum atomic E-state index is 11.7. The molecule has 1 saturated heterocycles. The van der Waals surface area contributed by atoms with Crippen LogP contribution in [0.3, 0.4) is 0 Å². The second-order valence-corrected chi connectivity index (χ2v) is 4.16. The van der Waals surface area contributed by atoms with Crippen LogP contribution in [0.5, 0.6) is 0 Å². The number of H-pyrrole nitrogens is 1. The van der Waals surface area contributed by atoms with Gasteiger partial charge in [-0.3, -0.25) is 24.3 Å². The van der Waals surface area contributed by atoms with Gasteiger partial charge in [-0.1, -0.05) is 6.92 Å². The first-order valence-corrected chi connectivity index (χ1v) is 5.64. The van der Waals surface area contributed by atoms with Gasteiger partial charge in [0.05, 0.1) is 5.92 Å². The zero-order valence-electron chi connectivity index (χ0n) is 9.84. The Balaban J connectivity index is 2.32. The highest BCUT2D eigenvalue weighted by atomic mass is 16.4. The summed E-state index contributed by atoms with van der Waals surface area (Å²) in [5, 5.41) is 8.88. The fraction of sp³-hybridized carbons (Fsp3) is 0.455. The molecule has 0 bridgehead atoms. The van der Waals surface area contributed by atoms with Crippen LogP contribution in [-0.2, 0) is 16.0 Å². The van der Waals surface area contributed by atoms with E-state index in [0.717, 1.165) is 0 Å². The standard InChI is InChI=1S/C11H13N3O4/c1-2-7-4-8(15)13-11(12-7)14-5-6(10(17)18)3-9(14)16/h4,6H,2-3,5H2,1H3,(H,17,18)(H,12,13,15). The number of nitrogens with zero attached hydrogens (tertiary/aromatic N) is 2. The lowest BCUT2D eigenvalue weighted by atomic mass is 10.1. The Morgan fingerprint density at radius 2 is 2.33 bits per heavy atom. The van der Waals surface area contributed by atoms with Gasteiger partial charge in [-0.05, 0) is 6.42 Å². The van der Waals surface area contributed by atoms with Gasteiger partial charge in [-0.15, -0.1) is 0 Å². The van der Waals surface area contributed by atoms with E-state index in [0.29, 0.717) is 12.1 Å². The molecule has 1 aliphatic heterocycles. The third-order valence-corrected chi connectivity index (χ3v) is 2.87. The molecule has 18 heavy (non-hydrogen) atoms. The molecule has 7 heteroatoms. The molecular weight excluding hydrogens is 238 g/mol. The fourth-order valence-electron chi connectivity index (χ4n) is 1.88. The van der Waals surface area contributed by atoms with Crippen LogP contribution in [0.4, 0.5) is 5.95 Å². The van der Waals surface area contributed by atoms with Crippen molar-refractivity contribution in [2.45, 2.75) is 19.8 Å². The van der Waals surface area contributed by atoms with E-state index in [-0.39, 0.29) is 30.4 Å². The summed E-state index contributed by atoms with van der Waals surface area (Å²) in [7, 11) is 0. The number of anilines is 1. The van der Waals surface area contributed by atoms with Gasteiger partial charge in [-0.25, -0.2) is 4.98 Å². The average Bonchev–Trinajstić information content (AvgIpc) is 2.70. The number of nitrogens with one attached hydrogen (secondary N) is 1. The van der Waals surface area contributed by atoms with Crippen molar-refractivity contribution >= 4 is 17.8 Å². The number of rotatable bonds is 3. The molecule has 1 unspecified atom stereocenters. The van der Waals surface area contributed by atoms with Gasteiger partial charge < -0.3 is 5.11 Å². The summed E-state index contributed by atoms with van der Waals surface area (Å²) in [6.07, 6.45) is 0.511. The lowest BCUT2D eigenvalue weighted by Crippen LogP contribution is -2.30. The number of hydrogen-bond acceptors (Lipinski definition) is 4. The molecular formula is C11H13N3O4. The fourth-order valence-corrected chi connectivity index (χ4v) is 1.88. The van der Waals surface area contributed by atoms with Gasteiger partial charge in [0, 0.05) is 24.7 Å². The Bertz CT molecular complexity index is 551. The SMILES string of the molecule is CCc1cc(=O)[nH]c(N2CC(C(=O)O)CC2=O)n1. The molecule has 1 aromatic rings. The largest absolute Gasteiger partial charge is 0.481 e. The number of aromatic nitrogens is 2. The van der Waals surface area contributed by atoms with Crippen LogP contribution in [-0.4, -0.2) is 33.5 Å². The Morgan fingerprint density at radius 1 is 1.61 bits per heavy atom. The van der Waals surface area contributed by atoms with Crippen molar-refractivity contribution in [3.63, 3.8) is 0 Å². The third kappa shape index (κ3) is 2.24. The van der Waals surface area contributed by atoms with Crippen LogP contribution < -0.4 is 10.5 Å². The van der Waals surface area contributed by atoms with Crippen LogP contribution in [0.1, 0.15) is 19.0 Å². The lowest BCUT2D eigenvalue weighted by molar-refractivity contribution is -0.141. The van der Waals surface area contributed by atoms with Crippen molar-refractivity contribution in [2.75, 3.05) is 11.4 Å². The number of aromatic amines is 1. The highest BCUT2D eigenvalue weighted by molar-refractivity contribution is 5.97. The smallest absolute Gasteiger partial charge is 0.308 e. The number of hydrogen-bond donors (Lipinski definition) is 2. The predicted octanol–water partition coefficient (Wildman–Crippen LogP) is -0.230. The molecule has 2 heterocycles. The van der Waals surface area contributed by atoms with Gasteiger partial charge in [0.1, 0.15) is 0 Å². The van der Waals surface area contributed by atoms with E-state index in [9.17, 15) is 14.4 Å². The van der Waals surface area contributed by atoms with Crippen LogP contribution in [0.15, 0.2) is 10.9 Å². The first-order chi connectivity index (χ1) is 8.51. The van der Waals surface area contributed by atoms with Gasteiger partial charge in [0.2, 0.25) is 11.9 Å². The second kappa shape index (κ2) is 4.59. The lowest BCUT2D eigenvalue weighted by Gasteiger charge is -2.14. The summed E-state index contributed by atoms with van der Waals surface area (Å²) in [5.41, 5.74) is 0.226. The average molecular weight is 251 g/mol. The topological polar surface area (TPSA) is 103 Å². The molecule has 0 radical (unpaired) electrons. The number of carbonyl (C=O) groups is 2. The molecule has 1 atom stereocenters. The highest BCUT2D eigenvalue weighted by Crippen LogP contribution is 2.21. The zero-order chi connectivity index (χ0) is 13.3. The molecule has 0 aromatic carbocycles. The second-order valence-electron chi connectivity index (χ2n) is 4.16. The monoisotopic (exact) mass is 251 g/mol. The molecule has 0 spiro atoms. The van der Waals surface area contributed by atoms with Crippen LogP contribution >= 0.6 is 0 Å². The van der Waals surface area contributed by atoms with E-state index in [2.05, 4.69) is 9.97 Å². The van der Waals surface area contributed by atoms with Gasteiger partial charge in [-0.2, -0.15) is 0 Å². The third-order valence-electron chi connectivity index (χ3n) is 2.87. The molecule has 1 fully saturated rings. The van der Waals surface area contributed by atoms with E-state index in [1.165, 1.54) is 11.0 Å². The summed E-state index contributed by atoms with van der Waals surface area (Å²) >= 11 is 0. The van der Waals surface area contributed by atoms with Crippen molar-refractivity contribution < 1.29 is 14.7 Å². The quantitative estimate of drug-likeness (QED) is 0.772. The maximum absolute atomic E-state index is 11.7. The van der Waals surface area contributed by atoms with Crippen molar-refractivity contribution in [3.8, 4) is 0 Å². The summed E-state index contributed by atoms with van der Waals surface area (Å²) in [4.78, 5) is 41.8. The molecule has 7 nitrogen and oxygen atoms in total. The maximum Gasteiger partial charge on any atom is 0.308 e. The van der Waals surface area contributed by atoms with Gasteiger partial charge >= 0.3 is 5.97 Å². The first-order valence-electron chi connectivity index (χ1n) is 5.64. The summed E-state index contributed by atoms with van der Waals surface area (Å²) in [5.74, 6) is -1.96. The first kappa shape index (κ1) is 12.3. The van der Waals surface area contributed by atoms with Crippen molar-refractivity contribution in [3.05, 3.63) is 22.1 Å². The normalized spacial score (nSPS) is 19.3. The highest BCUT2D eigenvalue weighted by Gasteiger charge is 2.36. The van der Waals surface area contributed by atoms with E-state index in [1.807, 2.05) is 6.92 Å². The number of carboxylic acid groups (broad SMARTS) is 1. The Hall–Kier alpha value is -2.18. The number of carbonyl (C=O) groups excluding carboxylic acids is 1. The minimum Gasteiger partial charge on any atom is -0.481 e. The van der Waals surface area contributed by atoms with E-state index < -0.39 is 11.9 Å². The Kier molecular flexibility index (Phi) is 3.14. The molecule has 1 aliphatic rings. The summed E-state index contributed by atoms with van der Waals surface area (Å²) in [6, 6.07) is 1.36. The Labute approximate surface area is 102 Å². The summed E-state index contributed by atoms with van der Waals surface area (Å²) < 4.78 is 0. The molecule has 2 N–H and O–H groups in total.